The average molecular weight is 655 g/mol. The van der Waals surface area contributed by atoms with Gasteiger partial charge >= 0.3 is 17.9 Å². The quantitative estimate of drug-likeness (QED) is 0.0807. The van der Waals surface area contributed by atoms with Gasteiger partial charge in [0.1, 0.15) is 23.0 Å². The number of carbonyl (C=O) groups excluding carboxylic acids is 3. The van der Waals surface area contributed by atoms with Gasteiger partial charge in [-0.25, -0.2) is 14.4 Å². The van der Waals surface area contributed by atoms with Gasteiger partial charge in [-0.1, -0.05) is 29.5 Å². The lowest BCUT2D eigenvalue weighted by atomic mass is 10.1. The predicted molar refractivity (Wildman–Crippen MR) is 184 cm³/mol. The Hall–Kier alpha value is -6.17. The summed E-state index contributed by atoms with van der Waals surface area (Å²) >= 11 is 0. The van der Waals surface area contributed by atoms with E-state index in [2.05, 4.69) is 11.8 Å². The predicted octanol–water partition coefficient (Wildman–Crippen LogP) is 7.86. The van der Waals surface area contributed by atoms with E-state index in [9.17, 15) is 14.4 Å². The first-order valence-electron chi connectivity index (χ1n) is 15.6. The second-order valence-corrected chi connectivity index (χ2v) is 11.1. The second kappa shape index (κ2) is 16.6. The van der Waals surface area contributed by atoms with Crippen LogP contribution in [0.15, 0.2) is 121 Å². The number of rotatable bonds is 11. The summed E-state index contributed by atoms with van der Waals surface area (Å²) in [6.45, 7) is 4.48. The first-order valence-corrected chi connectivity index (χ1v) is 15.6. The molecule has 0 aliphatic heterocycles. The highest BCUT2D eigenvalue weighted by Gasteiger charge is 2.14. The van der Waals surface area contributed by atoms with E-state index in [1.165, 1.54) is 54.1 Å². The van der Waals surface area contributed by atoms with Crippen LogP contribution in [0.1, 0.15) is 61.1 Å². The zero-order chi connectivity index (χ0) is 34.6. The maximum atomic E-state index is 12.7. The van der Waals surface area contributed by atoms with Crippen LogP contribution >= 0.6 is 0 Å². The minimum Gasteiger partial charge on any atom is -0.493 e. The minimum absolute atomic E-state index is 0.0968. The number of hydrogen-bond donors (Lipinski definition) is 0. The molecule has 0 spiro atoms. The summed E-state index contributed by atoms with van der Waals surface area (Å²) in [5.74, 6) is 6.01. The summed E-state index contributed by atoms with van der Waals surface area (Å²) in [7, 11) is 1.65. The number of ether oxygens (including phenoxy) is 5. The lowest BCUT2D eigenvalue weighted by Gasteiger charge is -2.11. The van der Waals surface area contributed by atoms with E-state index < -0.39 is 17.9 Å². The molecule has 0 aliphatic rings. The normalized spacial score (nSPS) is 11.0. The van der Waals surface area contributed by atoms with Gasteiger partial charge in [0.05, 0.1) is 29.4 Å². The Morgan fingerprint density at radius 1 is 0.531 bits per heavy atom. The molecular weight excluding hydrogens is 620 g/mol. The summed E-state index contributed by atoms with van der Waals surface area (Å²) in [6.07, 6.45) is 0.843. The standard InChI is InChI=1S/C41H34O8/c1-28-4-6-30(7-5-28)8-9-31-10-18-36(19-11-31)47-40(43)33-14-22-38(23-15-33)49-41(44)34-16-24-37(25-17-34)48-39(42)32-12-20-35(21-13-32)46-27-26-29(2)45-3/h4-7,10-25,29H,26-27H2,1-3H3. The van der Waals surface area contributed by atoms with Crippen molar-refractivity contribution in [3.63, 3.8) is 0 Å². The maximum absolute atomic E-state index is 12.7. The van der Waals surface area contributed by atoms with Gasteiger partial charge in [0.2, 0.25) is 0 Å². The van der Waals surface area contributed by atoms with E-state index >= 15 is 0 Å². The highest BCUT2D eigenvalue weighted by Crippen LogP contribution is 2.20. The van der Waals surface area contributed by atoms with Crippen molar-refractivity contribution in [2.24, 2.45) is 0 Å². The molecule has 5 aromatic rings. The van der Waals surface area contributed by atoms with Gasteiger partial charge in [-0.15, -0.1) is 0 Å². The Kier molecular flexibility index (Phi) is 11.6. The van der Waals surface area contributed by atoms with Crippen molar-refractivity contribution >= 4 is 17.9 Å². The van der Waals surface area contributed by atoms with E-state index in [1.807, 2.05) is 38.1 Å². The lowest BCUT2D eigenvalue weighted by Crippen LogP contribution is -2.11. The molecule has 0 saturated heterocycles. The molecule has 49 heavy (non-hydrogen) atoms. The van der Waals surface area contributed by atoms with Crippen molar-refractivity contribution in [1.29, 1.82) is 0 Å². The number of esters is 3. The van der Waals surface area contributed by atoms with Crippen LogP contribution in [0, 0.1) is 18.8 Å². The third-order valence-electron chi connectivity index (χ3n) is 7.35. The third-order valence-corrected chi connectivity index (χ3v) is 7.35. The molecular formula is C41H34O8. The molecule has 0 bridgehead atoms. The van der Waals surface area contributed by atoms with Gasteiger partial charge in [-0.3, -0.25) is 0 Å². The minimum atomic E-state index is -0.616. The molecule has 0 radical (unpaired) electrons. The van der Waals surface area contributed by atoms with Crippen molar-refractivity contribution in [3.05, 3.63) is 155 Å². The number of benzene rings is 5. The van der Waals surface area contributed by atoms with E-state index in [0.717, 1.165) is 17.5 Å². The van der Waals surface area contributed by atoms with Crippen molar-refractivity contribution < 1.29 is 38.1 Å². The summed E-state index contributed by atoms with van der Waals surface area (Å²) in [5.41, 5.74) is 3.77. The first kappa shape index (κ1) is 34.2. The van der Waals surface area contributed by atoms with Crippen LogP contribution in [-0.2, 0) is 4.74 Å². The number of aryl methyl sites for hydroxylation is 1. The van der Waals surface area contributed by atoms with Crippen molar-refractivity contribution in [3.8, 4) is 34.8 Å². The molecule has 5 rings (SSSR count). The SMILES string of the molecule is COC(C)CCOc1ccc(C(=O)Oc2ccc(C(=O)Oc3ccc(C(=O)Oc4ccc(C#Cc5ccc(C)cc5)cc4)cc3)cc2)cc1. The van der Waals surface area contributed by atoms with Crippen LogP contribution in [0.4, 0.5) is 0 Å². The van der Waals surface area contributed by atoms with Crippen LogP contribution in [0.25, 0.3) is 0 Å². The molecule has 0 heterocycles. The zero-order valence-electron chi connectivity index (χ0n) is 27.3. The van der Waals surface area contributed by atoms with Crippen molar-refractivity contribution in [2.45, 2.75) is 26.4 Å². The van der Waals surface area contributed by atoms with Gasteiger partial charge in [0.25, 0.3) is 0 Å². The molecule has 0 aromatic heterocycles. The summed E-state index contributed by atoms with van der Waals surface area (Å²) in [5, 5.41) is 0. The fourth-order valence-corrected chi connectivity index (χ4v) is 4.35. The average Bonchev–Trinajstić information content (AvgIpc) is 3.12. The third kappa shape index (κ3) is 10.2. The monoisotopic (exact) mass is 654 g/mol. The molecule has 0 aliphatic carbocycles. The summed E-state index contributed by atoms with van der Waals surface area (Å²) in [4.78, 5) is 38.0. The van der Waals surface area contributed by atoms with Gasteiger partial charge in [0.15, 0.2) is 0 Å². The molecule has 0 saturated carbocycles. The number of carbonyl (C=O) groups is 3. The Bertz CT molecular complexity index is 1930. The lowest BCUT2D eigenvalue weighted by molar-refractivity contribution is 0.0725. The van der Waals surface area contributed by atoms with E-state index in [0.29, 0.717) is 23.7 Å². The molecule has 0 N–H and O–H groups in total. The molecule has 5 aromatic carbocycles. The van der Waals surface area contributed by atoms with E-state index in [-0.39, 0.29) is 28.7 Å². The fourth-order valence-electron chi connectivity index (χ4n) is 4.35. The Balaban J connectivity index is 1.08. The molecule has 1 atom stereocenters. The molecule has 8 heteroatoms. The maximum Gasteiger partial charge on any atom is 0.343 e. The smallest absolute Gasteiger partial charge is 0.343 e. The number of hydrogen-bond acceptors (Lipinski definition) is 8. The number of methoxy groups -OCH3 is 1. The molecule has 8 nitrogen and oxygen atoms in total. The summed E-state index contributed by atoms with van der Waals surface area (Å²) in [6, 6.07) is 33.5. The molecule has 246 valence electrons. The van der Waals surface area contributed by atoms with Crippen LogP contribution in [0.2, 0.25) is 0 Å². The van der Waals surface area contributed by atoms with Crippen LogP contribution in [-0.4, -0.2) is 37.7 Å². The van der Waals surface area contributed by atoms with E-state index in [4.69, 9.17) is 23.7 Å². The molecule has 0 fully saturated rings. The summed E-state index contributed by atoms with van der Waals surface area (Å²) < 4.78 is 27.2. The highest BCUT2D eigenvalue weighted by molar-refractivity contribution is 5.93. The van der Waals surface area contributed by atoms with Gasteiger partial charge in [0, 0.05) is 24.7 Å². The fraction of sp³-hybridized carbons (Fsp3) is 0.146. The van der Waals surface area contributed by atoms with Crippen LogP contribution in [0.3, 0.4) is 0 Å². The highest BCUT2D eigenvalue weighted by atomic mass is 16.5. The Morgan fingerprint density at radius 2 is 0.878 bits per heavy atom. The van der Waals surface area contributed by atoms with E-state index in [1.54, 1.807) is 55.6 Å². The second-order valence-electron chi connectivity index (χ2n) is 11.1. The topological polar surface area (TPSA) is 97.4 Å². The Morgan fingerprint density at radius 3 is 1.27 bits per heavy atom. The Labute approximate surface area is 285 Å². The van der Waals surface area contributed by atoms with Gasteiger partial charge < -0.3 is 23.7 Å². The largest absolute Gasteiger partial charge is 0.493 e. The van der Waals surface area contributed by atoms with Crippen molar-refractivity contribution in [1.82, 2.24) is 0 Å². The first-order chi connectivity index (χ1) is 23.7. The van der Waals surface area contributed by atoms with Crippen LogP contribution < -0.4 is 18.9 Å². The zero-order valence-corrected chi connectivity index (χ0v) is 27.3. The van der Waals surface area contributed by atoms with Crippen molar-refractivity contribution in [2.75, 3.05) is 13.7 Å². The van der Waals surface area contributed by atoms with Crippen LogP contribution in [0.5, 0.6) is 23.0 Å². The van der Waals surface area contributed by atoms with Gasteiger partial charge in [-0.2, -0.15) is 0 Å². The molecule has 0 amide bonds. The molecule has 1 unspecified atom stereocenters. The van der Waals surface area contributed by atoms with Gasteiger partial charge in [-0.05, 0) is 123 Å².